The molecular weight excluding hydrogens is 412 g/mol. The maximum atomic E-state index is 12.8. The van der Waals surface area contributed by atoms with Gasteiger partial charge in [0.2, 0.25) is 15.9 Å². The molecule has 0 radical (unpaired) electrons. The van der Waals surface area contributed by atoms with Gasteiger partial charge in [0, 0.05) is 17.0 Å². The summed E-state index contributed by atoms with van der Waals surface area (Å²) in [5, 5.41) is 3.71. The van der Waals surface area contributed by atoms with Gasteiger partial charge >= 0.3 is 0 Å². The van der Waals surface area contributed by atoms with Gasteiger partial charge in [-0.05, 0) is 49.1 Å². The predicted molar refractivity (Wildman–Crippen MR) is 113 cm³/mol. The number of benzene rings is 2. The van der Waals surface area contributed by atoms with E-state index in [2.05, 4.69) is 10.0 Å². The maximum Gasteiger partial charge on any atom is 0.229 e. The molecule has 1 aliphatic heterocycles. The van der Waals surface area contributed by atoms with Gasteiger partial charge in [0.15, 0.2) is 0 Å². The summed E-state index contributed by atoms with van der Waals surface area (Å²) in [6, 6.07) is 12.2. The average molecular weight is 435 g/mol. The lowest BCUT2D eigenvalue weighted by Crippen LogP contribution is -2.49. The van der Waals surface area contributed by atoms with Crippen LogP contribution in [0.4, 0.5) is 5.69 Å². The second kappa shape index (κ2) is 7.54. The van der Waals surface area contributed by atoms with Crippen LogP contribution in [0.3, 0.4) is 0 Å². The molecule has 1 amide bonds. The number of rotatable bonds is 5. The van der Waals surface area contributed by atoms with Crippen LogP contribution < -0.4 is 14.8 Å². The molecule has 1 aliphatic carbocycles. The lowest BCUT2D eigenvalue weighted by atomic mass is 9.73. The van der Waals surface area contributed by atoms with Crippen molar-refractivity contribution in [2.24, 2.45) is 0 Å². The lowest BCUT2D eigenvalue weighted by Gasteiger charge is -2.48. The van der Waals surface area contributed by atoms with Crippen molar-refractivity contribution in [3.8, 4) is 5.75 Å². The van der Waals surface area contributed by atoms with Gasteiger partial charge in [0.25, 0.3) is 0 Å². The van der Waals surface area contributed by atoms with E-state index >= 15 is 0 Å². The van der Waals surface area contributed by atoms with Gasteiger partial charge in [-0.1, -0.05) is 29.8 Å². The van der Waals surface area contributed by atoms with Crippen molar-refractivity contribution in [1.82, 2.24) is 5.32 Å². The van der Waals surface area contributed by atoms with Crippen LogP contribution in [0.2, 0.25) is 5.02 Å². The zero-order valence-electron chi connectivity index (χ0n) is 16.1. The fraction of sp³-hybridized carbons (Fsp3) is 0.381. The van der Waals surface area contributed by atoms with Gasteiger partial charge < -0.3 is 10.1 Å². The van der Waals surface area contributed by atoms with Crippen molar-refractivity contribution in [3.63, 3.8) is 0 Å². The predicted octanol–water partition coefficient (Wildman–Crippen LogP) is 3.82. The van der Waals surface area contributed by atoms with Crippen LogP contribution in [-0.4, -0.2) is 26.2 Å². The molecule has 29 heavy (non-hydrogen) atoms. The normalized spacial score (nSPS) is 19.6. The SMILES string of the molecule is CS(=O)(=O)Nc1ccccc1CC(=O)NC1CC2(CCC2)Oc2ccc(Cl)cc21. The minimum atomic E-state index is -3.43. The van der Waals surface area contributed by atoms with Crippen LogP contribution in [0.25, 0.3) is 0 Å². The highest BCUT2D eigenvalue weighted by Gasteiger charge is 2.46. The third kappa shape index (κ3) is 4.51. The van der Waals surface area contributed by atoms with E-state index < -0.39 is 10.0 Å². The zero-order chi connectivity index (χ0) is 20.6. The molecule has 4 rings (SSSR count). The molecule has 2 aromatic carbocycles. The Morgan fingerprint density at radius 2 is 2.00 bits per heavy atom. The van der Waals surface area contributed by atoms with Crippen molar-refractivity contribution in [3.05, 3.63) is 58.6 Å². The second-order valence-electron chi connectivity index (χ2n) is 7.85. The molecule has 0 aromatic heterocycles. The maximum absolute atomic E-state index is 12.8. The lowest BCUT2D eigenvalue weighted by molar-refractivity contribution is -0.122. The zero-order valence-corrected chi connectivity index (χ0v) is 17.6. The van der Waals surface area contributed by atoms with E-state index in [1.54, 1.807) is 30.3 Å². The Kier molecular flexibility index (Phi) is 5.21. The molecule has 1 spiro atoms. The Balaban J connectivity index is 1.54. The molecule has 2 aliphatic rings. The second-order valence-corrected chi connectivity index (χ2v) is 10.0. The van der Waals surface area contributed by atoms with Crippen LogP contribution in [0.1, 0.15) is 42.9 Å². The minimum Gasteiger partial charge on any atom is -0.487 e. The monoisotopic (exact) mass is 434 g/mol. The number of ether oxygens (including phenoxy) is 1. The van der Waals surface area contributed by atoms with Gasteiger partial charge in [-0.3, -0.25) is 9.52 Å². The summed E-state index contributed by atoms with van der Waals surface area (Å²) in [5.41, 5.74) is 1.70. The number of carbonyl (C=O) groups excluding carboxylic acids is 1. The first-order valence-electron chi connectivity index (χ1n) is 9.57. The van der Waals surface area contributed by atoms with Gasteiger partial charge in [-0.2, -0.15) is 0 Å². The number of nitrogens with one attached hydrogen (secondary N) is 2. The highest BCUT2D eigenvalue weighted by atomic mass is 35.5. The Hall–Kier alpha value is -2.25. The van der Waals surface area contributed by atoms with Crippen molar-refractivity contribution in [2.45, 2.75) is 43.7 Å². The molecule has 1 atom stereocenters. The van der Waals surface area contributed by atoms with Crippen molar-refractivity contribution in [2.75, 3.05) is 11.0 Å². The first-order valence-corrected chi connectivity index (χ1v) is 11.8. The molecule has 2 N–H and O–H groups in total. The standard InChI is InChI=1S/C21H23ClN2O4S/c1-29(26,27)24-17-6-3-2-5-14(17)11-20(25)23-18-13-21(9-4-10-21)28-19-8-7-15(22)12-16(18)19/h2-3,5-8,12,18,24H,4,9-11,13H2,1H3,(H,23,25). The summed E-state index contributed by atoms with van der Waals surface area (Å²) in [6.07, 6.45) is 4.93. The number of fused-ring (bicyclic) bond motifs is 1. The Bertz CT molecular complexity index is 1050. The topological polar surface area (TPSA) is 84.5 Å². The first-order chi connectivity index (χ1) is 13.7. The first kappa shape index (κ1) is 20.0. The third-order valence-electron chi connectivity index (χ3n) is 5.51. The molecule has 8 heteroatoms. The van der Waals surface area contributed by atoms with Crippen molar-refractivity contribution in [1.29, 1.82) is 0 Å². The van der Waals surface area contributed by atoms with E-state index in [1.807, 2.05) is 12.1 Å². The minimum absolute atomic E-state index is 0.0684. The Morgan fingerprint density at radius 3 is 2.69 bits per heavy atom. The number of hydrogen-bond acceptors (Lipinski definition) is 4. The van der Waals surface area contributed by atoms with Crippen molar-refractivity contribution >= 4 is 33.2 Å². The fourth-order valence-corrected chi connectivity index (χ4v) is 4.82. The van der Waals surface area contributed by atoms with E-state index in [4.69, 9.17) is 16.3 Å². The third-order valence-corrected chi connectivity index (χ3v) is 6.34. The molecule has 154 valence electrons. The summed E-state index contributed by atoms with van der Waals surface area (Å²) in [6.45, 7) is 0. The molecule has 1 fully saturated rings. The molecule has 0 bridgehead atoms. The molecule has 1 saturated carbocycles. The van der Waals surface area contributed by atoms with Crippen molar-refractivity contribution < 1.29 is 17.9 Å². The summed E-state index contributed by atoms with van der Waals surface area (Å²) >= 11 is 6.18. The summed E-state index contributed by atoms with van der Waals surface area (Å²) in [7, 11) is -3.43. The van der Waals surface area contributed by atoms with Crippen LogP contribution in [-0.2, 0) is 21.2 Å². The smallest absolute Gasteiger partial charge is 0.229 e. The van der Waals surface area contributed by atoms with Gasteiger partial charge in [0.1, 0.15) is 11.4 Å². The van der Waals surface area contributed by atoms with Gasteiger partial charge in [0.05, 0.1) is 24.4 Å². The summed E-state index contributed by atoms with van der Waals surface area (Å²) < 4.78 is 31.9. The number of halogens is 1. The summed E-state index contributed by atoms with van der Waals surface area (Å²) in [4.78, 5) is 12.8. The van der Waals surface area contributed by atoms with E-state index in [0.717, 1.165) is 36.8 Å². The van der Waals surface area contributed by atoms with E-state index in [0.29, 0.717) is 22.7 Å². The number of carbonyl (C=O) groups is 1. The highest BCUT2D eigenvalue weighted by Crippen LogP contribution is 2.49. The molecule has 1 unspecified atom stereocenters. The van der Waals surface area contributed by atoms with Gasteiger partial charge in [-0.25, -0.2) is 8.42 Å². The number of para-hydroxylation sites is 1. The molecular formula is C21H23ClN2O4S. The van der Waals surface area contributed by atoms with E-state index in [-0.39, 0.29) is 24.0 Å². The molecule has 1 heterocycles. The highest BCUT2D eigenvalue weighted by molar-refractivity contribution is 7.92. The molecule has 2 aromatic rings. The van der Waals surface area contributed by atoms with Gasteiger partial charge in [-0.15, -0.1) is 0 Å². The van der Waals surface area contributed by atoms with Crippen LogP contribution in [0, 0.1) is 0 Å². The Labute approximate surface area is 175 Å². The largest absolute Gasteiger partial charge is 0.487 e. The van der Waals surface area contributed by atoms with E-state index in [9.17, 15) is 13.2 Å². The van der Waals surface area contributed by atoms with Crippen LogP contribution >= 0.6 is 11.6 Å². The fourth-order valence-electron chi connectivity index (χ4n) is 4.04. The van der Waals surface area contributed by atoms with Crippen LogP contribution in [0.15, 0.2) is 42.5 Å². The average Bonchev–Trinajstić information content (AvgIpc) is 2.61. The molecule has 6 nitrogen and oxygen atoms in total. The summed E-state index contributed by atoms with van der Waals surface area (Å²) in [5.74, 6) is 0.588. The number of sulfonamides is 1. The quantitative estimate of drug-likeness (QED) is 0.749. The van der Waals surface area contributed by atoms with Crippen LogP contribution in [0.5, 0.6) is 5.75 Å². The Morgan fingerprint density at radius 1 is 1.24 bits per heavy atom. The number of anilines is 1. The number of hydrogen-bond donors (Lipinski definition) is 2. The number of amides is 1. The van der Waals surface area contributed by atoms with E-state index in [1.165, 1.54) is 0 Å². The molecule has 0 saturated heterocycles.